The second kappa shape index (κ2) is 5.51. The standard InChI is InChI=1S/C15H20N2O/c1-15(2,12-16)14-5-3-13(4-6-14)11-17-7-9-18-10-8-17/h3-6H,7-11H2,1-2H3. The van der Waals surface area contributed by atoms with E-state index in [-0.39, 0.29) is 0 Å². The van der Waals surface area contributed by atoms with Crippen LogP contribution >= 0.6 is 0 Å². The molecule has 0 spiro atoms. The fourth-order valence-corrected chi connectivity index (χ4v) is 2.11. The first kappa shape index (κ1) is 13.1. The second-order valence-electron chi connectivity index (χ2n) is 5.32. The van der Waals surface area contributed by atoms with E-state index in [0.717, 1.165) is 38.4 Å². The van der Waals surface area contributed by atoms with Gasteiger partial charge in [0.1, 0.15) is 0 Å². The number of benzene rings is 1. The number of nitrogens with zero attached hydrogens (tertiary/aromatic N) is 2. The van der Waals surface area contributed by atoms with Crippen molar-refractivity contribution in [3.8, 4) is 6.07 Å². The van der Waals surface area contributed by atoms with Gasteiger partial charge in [0.15, 0.2) is 0 Å². The Labute approximate surface area is 109 Å². The van der Waals surface area contributed by atoms with Crippen LogP contribution in [0.4, 0.5) is 0 Å². The third-order valence-electron chi connectivity index (χ3n) is 3.47. The van der Waals surface area contributed by atoms with Crippen LogP contribution in [0.15, 0.2) is 24.3 Å². The molecule has 1 saturated heterocycles. The van der Waals surface area contributed by atoms with Crippen LogP contribution in [0.2, 0.25) is 0 Å². The van der Waals surface area contributed by atoms with Crippen molar-refractivity contribution in [1.29, 1.82) is 5.26 Å². The first-order chi connectivity index (χ1) is 8.62. The van der Waals surface area contributed by atoms with E-state index >= 15 is 0 Å². The molecular weight excluding hydrogens is 224 g/mol. The van der Waals surface area contributed by atoms with Crippen LogP contribution < -0.4 is 0 Å². The van der Waals surface area contributed by atoms with Crippen molar-refractivity contribution in [1.82, 2.24) is 4.90 Å². The average molecular weight is 244 g/mol. The van der Waals surface area contributed by atoms with E-state index in [2.05, 4.69) is 35.2 Å². The topological polar surface area (TPSA) is 36.3 Å². The second-order valence-corrected chi connectivity index (χ2v) is 5.32. The number of rotatable bonds is 3. The van der Waals surface area contributed by atoms with Gasteiger partial charge < -0.3 is 4.74 Å². The Morgan fingerprint density at radius 1 is 1.22 bits per heavy atom. The lowest BCUT2D eigenvalue weighted by Crippen LogP contribution is -2.35. The van der Waals surface area contributed by atoms with Crippen LogP contribution in [-0.4, -0.2) is 31.2 Å². The van der Waals surface area contributed by atoms with Crippen molar-refractivity contribution in [2.75, 3.05) is 26.3 Å². The quantitative estimate of drug-likeness (QED) is 0.818. The molecule has 18 heavy (non-hydrogen) atoms. The highest BCUT2D eigenvalue weighted by Gasteiger charge is 2.19. The van der Waals surface area contributed by atoms with Crippen LogP contribution in [0.1, 0.15) is 25.0 Å². The lowest BCUT2D eigenvalue weighted by atomic mass is 9.86. The maximum atomic E-state index is 9.11. The van der Waals surface area contributed by atoms with Crippen LogP contribution in [0.5, 0.6) is 0 Å². The molecule has 0 aromatic heterocycles. The van der Waals surface area contributed by atoms with Gasteiger partial charge >= 0.3 is 0 Å². The van der Waals surface area contributed by atoms with E-state index in [1.807, 2.05) is 13.8 Å². The van der Waals surface area contributed by atoms with Crippen molar-refractivity contribution in [2.45, 2.75) is 25.8 Å². The SMILES string of the molecule is CC(C)(C#N)c1ccc(CN2CCOCC2)cc1. The van der Waals surface area contributed by atoms with Gasteiger partial charge in [0, 0.05) is 19.6 Å². The molecule has 1 aromatic rings. The summed E-state index contributed by atoms with van der Waals surface area (Å²) >= 11 is 0. The van der Waals surface area contributed by atoms with E-state index in [0.29, 0.717) is 0 Å². The van der Waals surface area contributed by atoms with Gasteiger partial charge in [-0.1, -0.05) is 24.3 Å². The molecular formula is C15H20N2O. The molecule has 1 aliphatic heterocycles. The van der Waals surface area contributed by atoms with Gasteiger partial charge in [-0.3, -0.25) is 4.90 Å². The maximum absolute atomic E-state index is 9.11. The van der Waals surface area contributed by atoms with Crippen LogP contribution in [0, 0.1) is 11.3 Å². The van der Waals surface area contributed by atoms with Crippen molar-refractivity contribution in [3.63, 3.8) is 0 Å². The first-order valence-corrected chi connectivity index (χ1v) is 6.42. The third kappa shape index (κ3) is 3.10. The van der Waals surface area contributed by atoms with Crippen molar-refractivity contribution >= 4 is 0 Å². The predicted octanol–water partition coefficient (Wildman–Crippen LogP) is 2.32. The summed E-state index contributed by atoms with van der Waals surface area (Å²) in [4.78, 5) is 2.40. The zero-order chi connectivity index (χ0) is 13.0. The lowest BCUT2D eigenvalue weighted by molar-refractivity contribution is 0.0342. The maximum Gasteiger partial charge on any atom is 0.0766 e. The molecule has 0 N–H and O–H groups in total. The molecule has 1 heterocycles. The predicted molar refractivity (Wildman–Crippen MR) is 71.2 cm³/mol. The number of hydrogen-bond acceptors (Lipinski definition) is 3. The first-order valence-electron chi connectivity index (χ1n) is 6.42. The van der Waals surface area contributed by atoms with Gasteiger partial charge in [-0.05, 0) is 25.0 Å². The zero-order valence-electron chi connectivity index (χ0n) is 11.1. The van der Waals surface area contributed by atoms with E-state index in [1.54, 1.807) is 0 Å². The highest BCUT2D eigenvalue weighted by atomic mass is 16.5. The third-order valence-corrected chi connectivity index (χ3v) is 3.47. The zero-order valence-corrected chi connectivity index (χ0v) is 11.1. The number of ether oxygens (including phenoxy) is 1. The Morgan fingerprint density at radius 3 is 2.39 bits per heavy atom. The Hall–Kier alpha value is -1.37. The monoisotopic (exact) mass is 244 g/mol. The highest BCUT2D eigenvalue weighted by molar-refractivity contribution is 5.32. The van der Waals surface area contributed by atoms with Crippen molar-refractivity contribution in [3.05, 3.63) is 35.4 Å². The summed E-state index contributed by atoms with van der Waals surface area (Å²) in [6.45, 7) is 8.54. The summed E-state index contributed by atoms with van der Waals surface area (Å²) < 4.78 is 5.34. The molecule has 0 unspecified atom stereocenters. The summed E-state index contributed by atoms with van der Waals surface area (Å²) in [5.74, 6) is 0. The summed E-state index contributed by atoms with van der Waals surface area (Å²) in [5, 5.41) is 9.11. The molecule has 2 rings (SSSR count). The summed E-state index contributed by atoms with van der Waals surface area (Å²) in [6.07, 6.45) is 0. The average Bonchev–Trinajstić information content (AvgIpc) is 2.40. The van der Waals surface area contributed by atoms with Gasteiger partial charge in [-0.25, -0.2) is 0 Å². The van der Waals surface area contributed by atoms with E-state index in [9.17, 15) is 0 Å². The molecule has 1 aliphatic rings. The molecule has 96 valence electrons. The van der Waals surface area contributed by atoms with Gasteiger partial charge in [0.2, 0.25) is 0 Å². The van der Waals surface area contributed by atoms with Gasteiger partial charge in [-0.15, -0.1) is 0 Å². The Bertz CT molecular complexity index is 425. The van der Waals surface area contributed by atoms with Gasteiger partial charge in [-0.2, -0.15) is 5.26 Å². The molecule has 0 radical (unpaired) electrons. The largest absolute Gasteiger partial charge is 0.379 e. The fraction of sp³-hybridized carbons (Fsp3) is 0.533. The molecule has 3 heteroatoms. The minimum absolute atomic E-state index is 0.405. The molecule has 1 aromatic carbocycles. The Balaban J connectivity index is 2.01. The molecule has 0 aliphatic carbocycles. The van der Waals surface area contributed by atoms with Crippen molar-refractivity contribution < 1.29 is 4.74 Å². The van der Waals surface area contributed by atoms with Crippen molar-refractivity contribution in [2.24, 2.45) is 0 Å². The highest BCUT2D eigenvalue weighted by Crippen LogP contribution is 2.22. The summed E-state index contributed by atoms with van der Waals surface area (Å²) in [6, 6.07) is 10.7. The number of hydrogen-bond donors (Lipinski definition) is 0. The Kier molecular flexibility index (Phi) is 4.00. The molecule has 3 nitrogen and oxygen atoms in total. The van der Waals surface area contributed by atoms with Crippen LogP contribution in [0.25, 0.3) is 0 Å². The number of nitriles is 1. The molecule has 0 saturated carbocycles. The summed E-state index contributed by atoms with van der Waals surface area (Å²) in [7, 11) is 0. The smallest absolute Gasteiger partial charge is 0.0766 e. The number of morpholine rings is 1. The molecule has 0 amide bonds. The Morgan fingerprint density at radius 2 is 1.83 bits per heavy atom. The minimum atomic E-state index is -0.405. The molecule has 0 atom stereocenters. The van der Waals surface area contributed by atoms with Gasteiger partial charge in [0.05, 0.1) is 24.7 Å². The fourth-order valence-electron chi connectivity index (χ4n) is 2.11. The van der Waals surface area contributed by atoms with E-state index in [4.69, 9.17) is 10.00 Å². The normalized spacial score (nSPS) is 17.4. The summed E-state index contributed by atoms with van der Waals surface area (Å²) in [5.41, 5.74) is 1.97. The lowest BCUT2D eigenvalue weighted by Gasteiger charge is -2.26. The minimum Gasteiger partial charge on any atom is -0.379 e. The van der Waals surface area contributed by atoms with Crippen LogP contribution in [0.3, 0.4) is 0 Å². The van der Waals surface area contributed by atoms with Crippen LogP contribution in [-0.2, 0) is 16.7 Å². The van der Waals surface area contributed by atoms with E-state index < -0.39 is 5.41 Å². The molecule has 0 bridgehead atoms. The van der Waals surface area contributed by atoms with Gasteiger partial charge in [0.25, 0.3) is 0 Å². The molecule has 1 fully saturated rings. The van der Waals surface area contributed by atoms with E-state index in [1.165, 1.54) is 5.56 Å².